The van der Waals surface area contributed by atoms with E-state index in [2.05, 4.69) is 24.3 Å². The Kier molecular flexibility index (Phi) is 3.13. The van der Waals surface area contributed by atoms with Crippen LogP contribution >= 0.6 is 0 Å². The van der Waals surface area contributed by atoms with Gasteiger partial charge in [0.2, 0.25) is 0 Å². The summed E-state index contributed by atoms with van der Waals surface area (Å²) in [5.74, 6) is 1.02. The normalized spacial score (nSPS) is 25.1. The van der Waals surface area contributed by atoms with Gasteiger partial charge >= 0.3 is 0 Å². The molecule has 2 fully saturated rings. The van der Waals surface area contributed by atoms with Gasteiger partial charge in [-0.1, -0.05) is 6.42 Å². The maximum atomic E-state index is 3.33. The fourth-order valence-corrected chi connectivity index (χ4v) is 2.70. The molecule has 1 N–H and O–H groups in total. The number of hydrogen-bond acceptors (Lipinski definition) is 2. The molecule has 82 valence electrons. The van der Waals surface area contributed by atoms with Crippen molar-refractivity contribution >= 4 is 0 Å². The zero-order valence-electron chi connectivity index (χ0n) is 9.68. The van der Waals surface area contributed by atoms with E-state index in [0.717, 1.165) is 5.92 Å². The first-order valence-electron chi connectivity index (χ1n) is 6.07. The molecule has 2 aliphatic rings. The Balaban J connectivity index is 1.67. The summed E-state index contributed by atoms with van der Waals surface area (Å²) < 4.78 is 0. The Morgan fingerprint density at radius 3 is 2.50 bits per heavy atom. The molecular formula is C12H24N2. The van der Waals surface area contributed by atoms with Crippen molar-refractivity contribution in [3.63, 3.8) is 0 Å². The second-order valence-electron chi connectivity index (χ2n) is 5.52. The van der Waals surface area contributed by atoms with Crippen LogP contribution in [0.5, 0.6) is 0 Å². The molecule has 2 rings (SSSR count). The first kappa shape index (κ1) is 10.4. The van der Waals surface area contributed by atoms with Crippen LogP contribution < -0.4 is 5.32 Å². The van der Waals surface area contributed by atoms with Crippen LogP contribution in [-0.2, 0) is 0 Å². The van der Waals surface area contributed by atoms with E-state index in [1.807, 2.05) is 0 Å². The van der Waals surface area contributed by atoms with Crippen molar-refractivity contribution in [2.45, 2.75) is 32.1 Å². The summed E-state index contributed by atoms with van der Waals surface area (Å²) in [4.78, 5) is 2.56. The van der Waals surface area contributed by atoms with Gasteiger partial charge in [-0.25, -0.2) is 0 Å². The van der Waals surface area contributed by atoms with Crippen LogP contribution in [0.3, 0.4) is 0 Å². The van der Waals surface area contributed by atoms with Gasteiger partial charge in [0.05, 0.1) is 0 Å². The molecule has 2 saturated carbocycles. The van der Waals surface area contributed by atoms with E-state index in [-0.39, 0.29) is 0 Å². The topological polar surface area (TPSA) is 15.3 Å². The fourth-order valence-electron chi connectivity index (χ4n) is 2.70. The van der Waals surface area contributed by atoms with E-state index in [4.69, 9.17) is 0 Å². The molecule has 2 heteroatoms. The van der Waals surface area contributed by atoms with Crippen molar-refractivity contribution in [3.05, 3.63) is 0 Å². The molecule has 0 heterocycles. The van der Waals surface area contributed by atoms with Gasteiger partial charge in [0.25, 0.3) is 0 Å². The molecule has 0 radical (unpaired) electrons. The summed E-state index contributed by atoms with van der Waals surface area (Å²) in [6.07, 6.45) is 7.29. The van der Waals surface area contributed by atoms with E-state index in [1.54, 1.807) is 0 Å². The average molecular weight is 196 g/mol. The molecule has 0 spiro atoms. The highest BCUT2D eigenvalue weighted by Gasteiger charge is 2.42. The summed E-state index contributed by atoms with van der Waals surface area (Å²) in [6.45, 7) is 3.86. The number of rotatable bonds is 6. The van der Waals surface area contributed by atoms with E-state index in [1.165, 1.54) is 51.7 Å². The van der Waals surface area contributed by atoms with Crippen LogP contribution in [0.1, 0.15) is 32.1 Å². The zero-order valence-corrected chi connectivity index (χ0v) is 9.68. The zero-order chi connectivity index (χ0) is 10.0. The summed E-state index contributed by atoms with van der Waals surface area (Å²) in [7, 11) is 4.38. The Bertz CT molecular complexity index is 183. The molecule has 0 unspecified atom stereocenters. The third-order valence-corrected chi connectivity index (χ3v) is 3.91. The maximum absolute atomic E-state index is 3.33. The van der Waals surface area contributed by atoms with Crippen LogP contribution in [0.15, 0.2) is 0 Å². The molecular weight excluding hydrogens is 172 g/mol. The number of nitrogens with one attached hydrogen (secondary N) is 1. The number of nitrogens with zero attached hydrogens (tertiary/aromatic N) is 1. The predicted molar refractivity (Wildman–Crippen MR) is 60.4 cm³/mol. The third kappa shape index (κ3) is 2.48. The van der Waals surface area contributed by atoms with Gasteiger partial charge in [0, 0.05) is 19.6 Å². The fraction of sp³-hybridized carbons (Fsp3) is 1.00. The van der Waals surface area contributed by atoms with Gasteiger partial charge in [-0.3, -0.25) is 0 Å². The lowest BCUT2D eigenvalue weighted by Crippen LogP contribution is -2.36. The lowest BCUT2D eigenvalue weighted by atomic mass is 9.85. The minimum absolute atomic E-state index is 0.646. The van der Waals surface area contributed by atoms with Crippen LogP contribution in [0.4, 0.5) is 0 Å². The van der Waals surface area contributed by atoms with Crippen LogP contribution in [0, 0.1) is 11.3 Å². The van der Waals surface area contributed by atoms with Gasteiger partial charge in [-0.05, 0) is 51.1 Å². The Morgan fingerprint density at radius 2 is 2.07 bits per heavy atom. The van der Waals surface area contributed by atoms with Gasteiger partial charge in [0.1, 0.15) is 0 Å². The lowest BCUT2D eigenvalue weighted by molar-refractivity contribution is 0.178. The van der Waals surface area contributed by atoms with Crippen molar-refractivity contribution in [1.29, 1.82) is 0 Å². The predicted octanol–water partition coefficient (Wildman–Crippen LogP) is 1.72. The van der Waals surface area contributed by atoms with Gasteiger partial charge in [-0.15, -0.1) is 0 Å². The third-order valence-electron chi connectivity index (χ3n) is 3.91. The summed E-state index contributed by atoms with van der Waals surface area (Å²) in [5, 5.41) is 3.33. The van der Waals surface area contributed by atoms with E-state index < -0.39 is 0 Å². The SMILES string of the molecule is CNCC1(CN(C)CC2CCC2)CC1. The second kappa shape index (κ2) is 4.19. The minimum atomic E-state index is 0.646. The molecule has 2 aliphatic carbocycles. The van der Waals surface area contributed by atoms with Crippen LogP contribution in [0.2, 0.25) is 0 Å². The van der Waals surface area contributed by atoms with Gasteiger partial charge in [-0.2, -0.15) is 0 Å². The minimum Gasteiger partial charge on any atom is -0.319 e. The average Bonchev–Trinajstić information content (AvgIpc) is 2.78. The van der Waals surface area contributed by atoms with Gasteiger partial charge < -0.3 is 10.2 Å². The van der Waals surface area contributed by atoms with Crippen molar-refractivity contribution in [2.24, 2.45) is 11.3 Å². The second-order valence-corrected chi connectivity index (χ2v) is 5.52. The van der Waals surface area contributed by atoms with E-state index in [0.29, 0.717) is 5.41 Å². The largest absolute Gasteiger partial charge is 0.319 e. The maximum Gasteiger partial charge on any atom is 0.00472 e. The number of hydrogen-bond donors (Lipinski definition) is 1. The molecule has 0 saturated heterocycles. The molecule has 0 aromatic carbocycles. The molecule has 2 nitrogen and oxygen atoms in total. The molecule has 0 aromatic heterocycles. The van der Waals surface area contributed by atoms with Gasteiger partial charge in [0.15, 0.2) is 0 Å². The highest BCUT2D eigenvalue weighted by molar-refractivity contribution is 4.96. The van der Waals surface area contributed by atoms with E-state index >= 15 is 0 Å². The molecule has 0 aromatic rings. The Hall–Kier alpha value is -0.0800. The Labute approximate surface area is 88.1 Å². The van der Waals surface area contributed by atoms with Crippen molar-refractivity contribution < 1.29 is 0 Å². The quantitative estimate of drug-likeness (QED) is 0.696. The molecule has 0 aliphatic heterocycles. The summed E-state index contributed by atoms with van der Waals surface area (Å²) in [5.41, 5.74) is 0.646. The van der Waals surface area contributed by atoms with E-state index in [9.17, 15) is 0 Å². The molecule has 0 bridgehead atoms. The first-order chi connectivity index (χ1) is 6.74. The highest BCUT2D eigenvalue weighted by Crippen LogP contribution is 2.45. The summed E-state index contributed by atoms with van der Waals surface area (Å²) >= 11 is 0. The molecule has 14 heavy (non-hydrogen) atoms. The standard InChI is InChI=1S/C12H24N2/c1-13-9-12(6-7-12)10-14(2)8-11-4-3-5-11/h11,13H,3-10H2,1-2H3. The summed E-state index contributed by atoms with van der Waals surface area (Å²) in [6, 6.07) is 0. The van der Waals surface area contributed by atoms with Crippen LogP contribution in [-0.4, -0.2) is 38.6 Å². The highest BCUT2D eigenvalue weighted by atomic mass is 15.1. The van der Waals surface area contributed by atoms with Crippen molar-refractivity contribution in [2.75, 3.05) is 33.7 Å². The smallest absolute Gasteiger partial charge is 0.00472 e. The molecule has 0 amide bonds. The lowest BCUT2D eigenvalue weighted by Gasteiger charge is -2.32. The van der Waals surface area contributed by atoms with Crippen molar-refractivity contribution in [3.8, 4) is 0 Å². The van der Waals surface area contributed by atoms with Crippen LogP contribution in [0.25, 0.3) is 0 Å². The molecule has 0 atom stereocenters. The first-order valence-corrected chi connectivity index (χ1v) is 6.07. The Morgan fingerprint density at radius 1 is 1.36 bits per heavy atom. The monoisotopic (exact) mass is 196 g/mol. The van der Waals surface area contributed by atoms with Crippen molar-refractivity contribution in [1.82, 2.24) is 10.2 Å².